The molecule has 0 fully saturated rings. The van der Waals surface area contributed by atoms with E-state index in [9.17, 15) is 4.79 Å². The van der Waals surface area contributed by atoms with Gasteiger partial charge < -0.3 is 20.7 Å². The van der Waals surface area contributed by atoms with Crippen molar-refractivity contribution in [1.82, 2.24) is 10.6 Å². The number of anilines is 1. The SMILES string of the molecule is CNCCCCNCc1ccc2c(c1)NC(=O)CO2. The summed E-state index contributed by atoms with van der Waals surface area (Å²) in [6.45, 7) is 2.98. The summed E-state index contributed by atoms with van der Waals surface area (Å²) in [4.78, 5) is 11.2. The Bertz CT molecular complexity index is 435. The summed E-state index contributed by atoms with van der Waals surface area (Å²) in [7, 11) is 1.97. The molecule has 0 bridgehead atoms. The number of ether oxygens (including phenoxy) is 1. The summed E-state index contributed by atoms with van der Waals surface area (Å²) in [6, 6.07) is 5.90. The lowest BCUT2D eigenvalue weighted by atomic mass is 10.1. The molecule has 1 amide bonds. The van der Waals surface area contributed by atoms with Gasteiger partial charge in [-0.3, -0.25) is 4.79 Å². The van der Waals surface area contributed by atoms with E-state index in [2.05, 4.69) is 16.0 Å². The minimum atomic E-state index is -0.0929. The molecule has 1 aliphatic heterocycles. The molecule has 19 heavy (non-hydrogen) atoms. The zero-order chi connectivity index (χ0) is 13.5. The number of rotatable bonds is 7. The van der Waals surface area contributed by atoms with E-state index in [1.165, 1.54) is 6.42 Å². The van der Waals surface area contributed by atoms with E-state index >= 15 is 0 Å². The predicted molar refractivity (Wildman–Crippen MR) is 75.4 cm³/mol. The van der Waals surface area contributed by atoms with Crippen molar-refractivity contribution >= 4 is 11.6 Å². The maximum Gasteiger partial charge on any atom is 0.262 e. The van der Waals surface area contributed by atoms with Crippen molar-refractivity contribution in [3.8, 4) is 5.75 Å². The van der Waals surface area contributed by atoms with Crippen LogP contribution in [0.2, 0.25) is 0 Å². The summed E-state index contributed by atoms with van der Waals surface area (Å²) < 4.78 is 5.32. The van der Waals surface area contributed by atoms with Gasteiger partial charge in [0.1, 0.15) is 5.75 Å². The molecular formula is C14H21N3O2. The van der Waals surface area contributed by atoms with Gasteiger partial charge in [0.15, 0.2) is 6.61 Å². The van der Waals surface area contributed by atoms with E-state index in [-0.39, 0.29) is 12.5 Å². The molecule has 0 radical (unpaired) electrons. The second kappa shape index (κ2) is 7.11. The van der Waals surface area contributed by atoms with E-state index in [0.29, 0.717) is 0 Å². The molecule has 3 N–H and O–H groups in total. The van der Waals surface area contributed by atoms with Crippen molar-refractivity contribution in [2.45, 2.75) is 19.4 Å². The number of nitrogens with one attached hydrogen (secondary N) is 3. The van der Waals surface area contributed by atoms with Gasteiger partial charge in [-0.15, -0.1) is 0 Å². The van der Waals surface area contributed by atoms with Crippen LogP contribution in [0.4, 0.5) is 5.69 Å². The number of carbonyl (C=O) groups excluding carboxylic acids is 1. The normalized spacial score (nSPS) is 13.6. The molecule has 0 aromatic heterocycles. The molecule has 5 heteroatoms. The summed E-state index contributed by atoms with van der Waals surface area (Å²) in [6.07, 6.45) is 2.34. The topological polar surface area (TPSA) is 62.4 Å². The van der Waals surface area contributed by atoms with Gasteiger partial charge in [-0.05, 0) is 50.7 Å². The lowest BCUT2D eigenvalue weighted by molar-refractivity contribution is -0.118. The third-order valence-electron chi connectivity index (χ3n) is 3.04. The van der Waals surface area contributed by atoms with Crippen molar-refractivity contribution in [2.24, 2.45) is 0 Å². The van der Waals surface area contributed by atoms with Crippen LogP contribution in [0.15, 0.2) is 18.2 Å². The molecule has 1 aromatic rings. The highest BCUT2D eigenvalue weighted by molar-refractivity contribution is 5.95. The first-order valence-corrected chi connectivity index (χ1v) is 6.70. The van der Waals surface area contributed by atoms with E-state index in [1.54, 1.807) is 0 Å². The van der Waals surface area contributed by atoms with Gasteiger partial charge in [0, 0.05) is 6.54 Å². The number of fused-ring (bicyclic) bond motifs is 1. The molecule has 2 rings (SSSR count). The van der Waals surface area contributed by atoms with E-state index in [1.807, 2.05) is 25.2 Å². The highest BCUT2D eigenvalue weighted by atomic mass is 16.5. The van der Waals surface area contributed by atoms with Gasteiger partial charge in [0.25, 0.3) is 5.91 Å². The Hall–Kier alpha value is -1.59. The quantitative estimate of drug-likeness (QED) is 0.645. The molecule has 0 unspecified atom stereocenters. The molecule has 104 valence electrons. The van der Waals surface area contributed by atoms with Crippen molar-refractivity contribution in [2.75, 3.05) is 32.1 Å². The van der Waals surface area contributed by atoms with Crippen LogP contribution < -0.4 is 20.7 Å². The maximum absolute atomic E-state index is 11.2. The fraction of sp³-hybridized carbons (Fsp3) is 0.500. The Balaban J connectivity index is 1.78. The number of hydrogen-bond acceptors (Lipinski definition) is 4. The highest BCUT2D eigenvalue weighted by Gasteiger charge is 2.15. The van der Waals surface area contributed by atoms with Crippen LogP contribution in [-0.2, 0) is 11.3 Å². The molecule has 1 aliphatic rings. The molecule has 0 saturated heterocycles. The van der Waals surface area contributed by atoms with Gasteiger partial charge in [0.2, 0.25) is 0 Å². The number of carbonyl (C=O) groups is 1. The first kappa shape index (κ1) is 13.8. The Morgan fingerprint density at radius 3 is 3.00 bits per heavy atom. The Labute approximate surface area is 113 Å². The third-order valence-corrected chi connectivity index (χ3v) is 3.04. The number of amides is 1. The van der Waals surface area contributed by atoms with Crippen LogP contribution in [0.1, 0.15) is 18.4 Å². The van der Waals surface area contributed by atoms with Crippen molar-refractivity contribution < 1.29 is 9.53 Å². The number of hydrogen-bond donors (Lipinski definition) is 3. The summed E-state index contributed by atoms with van der Waals surface area (Å²) in [5.74, 6) is 0.655. The van der Waals surface area contributed by atoms with Crippen molar-refractivity contribution in [3.63, 3.8) is 0 Å². The summed E-state index contributed by atoms with van der Waals surface area (Å²) >= 11 is 0. The van der Waals surface area contributed by atoms with Crippen LogP contribution >= 0.6 is 0 Å². The van der Waals surface area contributed by atoms with Crippen LogP contribution in [-0.4, -0.2) is 32.7 Å². The van der Waals surface area contributed by atoms with Crippen LogP contribution in [0, 0.1) is 0 Å². The van der Waals surface area contributed by atoms with Crippen molar-refractivity contribution in [1.29, 1.82) is 0 Å². The zero-order valence-corrected chi connectivity index (χ0v) is 11.3. The van der Waals surface area contributed by atoms with E-state index < -0.39 is 0 Å². The monoisotopic (exact) mass is 263 g/mol. The molecule has 0 spiro atoms. The molecular weight excluding hydrogens is 242 g/mol. The van der Waals surface area contributed by atoms with Gasteiger partial charge in [-0.1, -0.05) is 6.07 Å². The third kappa shape index (κ3) is 4.22. The molecule has 1 heterocycles. The Morgan fingerprint density at radius 2 is 2.16 bits per heavy atom. The van der Waals surface area contributed by atoms with Gasteiger partial charge in [0.05, 0.1) is 5.69 Å². The Kier molecular flexibility index (Phi) is 5.18. The lowest BCUT2D eigenvalue weighted by Gasteiger charge is -2.18. The number of unbranched alkanes of at least 4 members (excludes halogenated alkanes) is 1. The molecule has 0 saturated carbocycles. The minimum absolute atomic E-state index is 0.0929. The van der Waals surface area contributed by atoms with Gasteiger partial charge in [-0.25, -0.2) is 0 Å². The first-order valence-electron chi connectivity index (χ1n) is 6.70. The fourth-order valence-electron chi connectivity index (χ4n) is 2.02. The molecule has 1 aromatic carbocycles. The molecule has 0 aliphatic carbocycles. The summed E-state index contributed by atoms with van der Waals surface area (Å²) in [5.41, 5.74) is 1.92. The smallest absolute Gasteiger partial charge is 0.262 e. The second-order valence-electron chi connectivity index (χ2n) is 4.65. The van der Waals surface area contributed by atoms with Gasteiger partial charge >= 0.3 is 0 Å². The average Bonchev–Trinajstić information content (AvgIpc) is 2.42. The zero-order valence-electron chi connectivity index (χ0n) is 11.3. The van der Waals surface area contributed by atoms with Crippen LogP contribution in [0.3, 0.4) is 0 Å². The largest absolute Gasteiger partial charge is 0.482 e. The van der Waals surface area contributed by atoms with Gasteiger partial charge in [-0.2, -0.15) is 0 Å². The van der Waals surface area contributed by atoms with Crippen LogP contribution in [0.25, 0.3) is 0 Å². The van der Waals surface area contributed by atoms with Crippen LogP contribution in [0.5, 0.6) is 5.75 Å². The highest BCUT2D eigenvalue weighted by Crippen LogP contribution is 2.28. The second-order valence-corrected chi connectivity index (χ2v) is 4.65. The maximum atomic E-state index is 11.2. The molecule has 5 nitrogen and oxygen atoms in total. The Morgan fingerprint density at radius 1 is 1.32 bits per heavy atom. The summed E-state index contributed by atoms with van der Waals surface area (Å²) in [5, 5.41) is 9.35. The minimum Gasteiger partial charge on any atom is -0.482 e. The first-order chi connectivity index (χ1) is 9.29. The fourth-order valence-corrected chi connectivity index (χ4v) is 2.02. The van der Waals surface area contributed by atoms with E-state index in [4.69, 9.17) is 4.74 Å². The predicted octanol–water partition coefficient (Wildman–Crippen LogP) is 1.11. The number of benzene rings is 1. The average molecular weight is 263 g/mol. The molecule has 0 atom stereocenters. The lowest BCUT2D eigenvalue weighted by Crippen LogP contribution is -2.25. The van der Waals surface area contributed by atoms with Crippen molar-refractivity contribution in [3.05, 3.63) is 23.8 Å². The standard InChI is InChI=1S/C14H21N3O2/c1-15-6-2-3-7-16-9-11-4-5-13-12(8-11)17-14(18)10-19-13/h4-5,8,15-16H,2-3,6-7,9-10H2,1H3,(H,17,18). The van der Waals surface area contributed by atoms with E-state index in [0.717, 1.165) is 43.1 Å².